The van der Waals surface area contributed by atoms with Gasteiger partial charge < -0.3 is 5.73 Å². The highest BCUT2D eigenvalue weighted by molar-refractivity contribution is 9.08. The molecule has 0 aliphatic carbocycles. The maximum absolute atomic E-state index is 5.47. The van der Waals surface area contributed by atoms with Gasteiger partial charge in [0.15, 0.2) is 0 Å². The lowest BCUT2D eigenvalue weighted by molar-refractivity contribution is 1.19. The summed E-state index contributed by atoms with van der Waals surface area (Å²) in [6.45, 7) is 0. The van der Waals surface area contributed by atoms with Crippen molar-refractivity contribution < 1.29 is 0 Å². The summed E-state index contributed by atoms with van der Waals surface area (Å²) in [6, 6.07) is 3.61. The van der Waals surface area contributed by atoms with Crippen molar-refractivity contribution in [3.05, 3.63) is 24.0 Å². The van der Waals surface area contributed by atoms with Crippen molar-refractivity contribution in [2.24, 2.45) is 0 Å². The zero-order valence-electron chi connectivity index (χ0n) is 4.84. The molecule has 0 aliphatic heterocycles. The van der Waals surface area contributed by atoms with Gasteiger partial charge in [0.1, 0.15) is 0 Å². The number of nitrogens with zero attached hydrogens (tertiary/aromatic N) is 1. The van der Waals surface area contributed by atoms with Crippen molar-refractivity contribution in [1.29, 1.82) is 0 Å². The maximum Gasteiger partial charge on any atom is 0.0529 e. The minimum absolute atomic E-state index is 0.762. The van der Waals surface area contributed by atoms with Gasteiger partial charge in [-0.2, -0.15) is 0 Å². The van der Waals surface area contributed by atoms with Gasteiger partial charge in [0.05, 0.1) is 5.69 Å². The third kappa shape index (κ3) is 1.68. The van der Waals surface area contributed by atoms with E-state index in [2.05, 4.69) is 20.9 Å². The number of anilines is 1. The van der Waals surface area contributed by atoms with Crippen LogP contribution in [0.2, 0.25) is 0 Å². The normalized spacial score (nSPS) is 9.44. The zero-order valence-corrected chi connectivity index (χ0v) is 6.43. The molecule has 1 aromatic rings. The van der Waals surface area contributed by atoms with Gasteiger partial charge in [-0.25, -0.2) is 0 Å². The lowest BCUT2D eigenvalue weighted by Crippen LogP contribution is -1.88. The Hall–Kier alpha value is -0.570. The Labute approximate surface area is 62.2 Å². The Kier molecular flexibility index (Phi) is 2.05. The fraction of sp³-hybridized carbons (Fsp3) is 0.167. The quantitative estimate of drug-likeness (QED) is 0.677. The number of aromatic nitrogens is 1. The second kappa shape index (κ2) is 2.82. The van der Waals surface area contributed by atoms with E-state index in [4.69, 9.17) is 5.73 Å². The zero-order chi connectivity index (χ0) is 6.69. The fourth-order valence-corrected chi connectivity index (χ4v) is 0.877. The Bertz CT molecular complexity index is 200. The minimum atomic E-state index is 0.762. The Balaban J connectivity index is 2.94. The van der Waals surface area contributed by atoms with Crippen LogP contribution in [0.25, 0.3) is 0 Å². The first-order valence-electron chi connectivity index (χ1n) is 2.59. The van der Waals surface area contributed by atoms with Crippen LogP contribution in [0, 0.1) is 0 Å². The summed E-state index contributed by atoms with van der Waals surface area (Å²) in [5.41, 5.74) is 7.20. The average Bonchev–Trinajstić information content (AvgIpc) is 1.88. The smallest absolute Gasteiger partial charge is 0.0529 e. The van der Waals surface area contributed by atoms with Crippen molar-refractivity contribution in [2.45, 2.75) is 5.33 Å². The molecule has 0 spiro atoms. The van der Waals surface area contributed by atoms with E-state index in [0.717, 1.165) is 16.7 Å². The highest BCUT2D eigenvalue weighted by Gasteiger charge is 1.88. The molecule has 1 heterocycles. The van der Waals surface area contributed by atoms with E-state index in [0.29, 0.717) is 0 Å². The molecular weight excluding hydrogens is 180 g/mol. The van der Waals surface area contributed by atoms with Gasteiger partial charge in [-0.15, -0.1) is 0 Å². The first kappa shape index (κ1) is 6.55. The van der Waals surface area contributed by atoms with Crippen LogP contribution in [0.1, 0.15) is 5.69 Å². The van der Waals surface area contributed by atoms with Gasteiger partial charge in [0, 0.05) is 17.2 Å². The molecule has 9 heavy (non-hydrogen) atoms. The van der Waals surface area contributed by atoms with Crippen molar-refractivity contribution in [3.8, 4) is 0 Å². The summed E-state index contributed by atoms with van der Waals surface area (Å²) in [5, 5.41) is 0.762. The van der Waals surface area contributed by atoms with E-state index in [1.54, 1.807) is 12.3 Å². The van der Waals surface area contributed by atoms with Gasteiger partial charge >= 0.3 is 0 Å². The van der Waals surface area contributed by atoms with Crippen molar-refractivity contribution in [2.75, 3.05) is 5.73 Å². The van der Waals surface area contributed by atoms with E-state index in [-0.39, 0.29) is 0 Å². The van der Waals surface area contributed by atoms with E-state index in [1.807, 2.05) is 6.07 Å². The fourth-order valence-electron chi connectivity index (χ4n) is 0.570. The molecule has 0 aromatic carbocycles. The molecule has 1 aromatic heterocycles. The predicted molar refractivity (Wildman–Crippen MR) is 41.3 cm³/mol. The van der Waals surface area contributed by atoms with Crippen LogP contribution < -0.4 is 5.73 Å². The first-order valence-corrected chi connectivity index (χ1v) is 3.71. The third-order valence-electron chi connectivity index (χ3n) is 0.978. The Morgan fingerprint density at radius 1 is 1.67 bits per heavy atom. The highest BCUT2D eigenvalue weighted by Crippen LogP contribution is 2.05. The summed E-state index contributed by atoms with van der Waals surface area (Å²) in [7, 11) is 0. The van der Waals surface area contributed by atoms with E-state index < -0.39 is 0 Å². The van der Waals surface area contributed by atoms with Crippen LogP contribution in [0.3, 0.4) is 0 Å². The van der Waals surface area contributed by atoms with Crippen LogP contribution in [0.15, 0.2) is 18.3 Å². The van der Waals surface area contributed by atoms with Gasteiger partial charge in [-0.05, 0) is 12.1 Å². The van der Waals surface area contributed by atoms with Crippen LogP contribution in [-0.4, -0.2) is 4.98 Å². The summed E-state index contributed by atoms with van der Waals surface area (Å²) in [6.07, 6.45) is 1.70. The molecule has 0 amide bonds. The number of hydrogen-bond donors (Lipinski definition) is 1. The molecule has 0 atom stereocenters. The molecule has 2 nitrogen and oxygen atoms in total. The lowest BCUT2D eigenvalue weighted by Gasteiger charge is -1.93. The monoisotopic (exact) mass is 186 g/mol. The second-order valence-corrected chi connectivity index (χ2v) is 2.27. The second-order valence-electron chi connectivity index (χ2n) is 1.71. The number of nitrogens with two attached hydrogens (primary N) is 1. The van der Waals surface area contributed by atoms with Gasteiger partial charge in [0.2, 0.25) is 0 Å². The molecular formula is C6H7BrN2. The SMILES string of the molecule is Nc1ccnc(CBr)c1. The molecule has 0 radical (unpaired) electrons. The Morgan fingerprint density at radius 3 is 2.89 bits per heavy atom. The van der Waals surface area contributed by atoms with Crippen molar-refractivity contribution in [3.63, 3.8) is 0 Å². The molecule has 0 bridgehead atoms. The summed E-state index contributed by atoms with van der Waals surface area (Å²) < 4.78 is 0. The Morgan fingerprint density at radius 2 is 2.44 bits per heavy atom. The standard InChI is InChI=1S/C6H7BrN2/c7-4-6-3-5(8)1-2-9-6/h1-3H,4H2,(H2,8,9). The molecule has 48 valence electrons. The number of hydrogen-bond acceptors (Lipinski definition) is 2. The molecule has 0 aliphatic rings. The largest absolute Gasteiger partial charge is 0.399 e. The van der Waals surface area contributed by atoms with Crippen LogP contribution >= 0.6 is 15.9 Å². The van der Waals surface area contributed by atoms with E-state index in [1.165, 1.54) is 0 Å². The van der Waals surface area contributed by atoms with Crippen LogP contribution in [0.5, 0.6) is 0 Å². The number of nitrogen functional groups attached to an aromatic ring is 1. The number of alkyl halides is 1. The van der Waals surface area contributed by atoms with Crippen molar-refractivity contribution >= 4 is 21.6 Å². The molecule has 1 rings (SSSR count). The van der Waals surface area contributed by atoms with E-state index in [9.17, 15) is 0 Å². The summed E-state index contributed by atoms with van der Waals surface area (Å²) in [4.78, 5) is 4.03. The van der Waals surface area contributed by atoms with Crippen LogP contribution in [-0.2, 0) is 5.33 Å². The summed E-state index contributed by atoms with van der Waals surface area (Å²) in [5.74, 6) is 0. The number of rotatable bonds is 1. The molecule has 3 heteroatoms. The lowest BCUT2D eigenvalue weighted by atomic mass is 10.3. The van der Waals surface area contributed by atoms with E-state index >= 15 is 0 Å². The molecule has 0 fully saturated rings. The molecule has 0 saturated carbocycles. The third-order valence-corrected chi connectivity index (χ3v) is 1.55. The number of halogens is 1. The van der Waals surface area contributed by atoms with Gasteiger partial charge in [-0.3, -0.25) is 4.98 Å². The predicted octanol–water partition coefficient (Wildman–Crippen LogP) is 1.56. The van der Waals surface area contributed by atoms with Crippen LogP contribution in [0.4, 0.5) is 5.69 Å². The van der Waals surface area contributed by atoms with Gasteiger partial charge in [0.25, 0.3) is 0 Å². The summed E-state index contributed by atoms with van der Waals surface area (Å²) >= 11 is 3.27. The highest BCUT2D eigenvalue weighted by atomic mass is 79.9. The molecule has 2 N–H and O–H groups in total. The molecule has 0 saturated heterocycles. The van der Waals surface area contributed by atoms with Gasteiger partial charge in [-0.1, -0.05) is 15.9 Å². The minimum Gasteiger partial charge on any atom is -0.399 e. The first-order chi connectivity index (χ1) is 4.33. The maximum atomic E-state index is 5.47. The number of pyridine rings is 1. The molecule has 0 unspecified atom stereocenters. The van der Waals surface area contributed by atoms with Crippen molar-refractivity contribution in [1.82, 2.24) is 4.98 Å². The average molecular weight is 187 g/mol. The topological polar surface area (TPSA) is 38.9 Å².